The van der Waals surface area contributed by atoms with E-state index in [4.69, 9.17) is 4.74 Å². The number of carbonyl (C=O) groups excluding carboxylic acids is 1. The van der Waals surface area contributed by atoms with Gasteiger partial charge < -0.3 is 19.9 Å². The predicted molar refractivity (Wildman–Crippen MR) is 87.9 cm³/mol. The molecule has 0 radical (unpaired) electrons. The summed E-state index contributed by atoms with van der Waals surface area (Å²) in [4.78, 5) is 16.1. The second kappa shape index (κ2) is 7.66. The third kappa shape index (κ3) is 4.35. The van der Waals surface area contributed by atoms with Gasteiger partial charge in [-0.2, -0.15) is 0 Å². The molecule has 116 valence electrons. The first-order valence-electron chi connectivity index (χ1n) is 7.14. The summed E-state index contributed by atoms with van der Waals surface area (Å²) in [5, 5.41) is 2.86. The molecular weight excluding hydrogens is 334 g/mol. The van der Waals surface area contributed by atoms with Gasteiger partial charge in [0.15, 0.2) is 0 Å². The number of hydrogen-bond acceptors (Lipinski definition) is 3. The van der Waals surface area contributed by atoms with Crippen LogP contribution >= 0.6 is 15.9 Å². The van der Waals surface area contributed by atoms with Crippen molar-refractivity contribution in [3.05, 3.63) is 28.2 Å². The molecule has 0 aromatic heterocycles. The number of rotatable bonds is 4. The molecule has 1 fully saturated rings. The zero-order valence-corrected chi connectivity index (χ0v) is 14.1. The first-order valence-corrected chi connectivity index (χ1v) is 7.94. The highest BCUT2D eigenvalue weighted by Gasteiger charge is 2.21. The van der Waals surface area contributed by atoms with E-state index in [1.165, 1.54) is 11.3 Å². The number of amides is 2. The van der Waals surface area contributed by atoms with E-state index < -0.39 is 0 Å². The lowest BCUT2D eigenvalue weighted by molar-refractivity contribution is 0.177. The smallest absolute Gasteiger partial charge is 0.317 e. The number of ether oxygens (including phenoxy) is 1. The molecule has 2 amide bonds. The summed E-state index contributed by atoms with van der Waals surface area (Å²) in [6.07, 6.45) is 0. The number of benzene rings is 1. The quantitative estimate of drug-likeness (QED) is 0.842. The summed E-state index contributed by atoms with van der Waals surface area (Å²) in [7, 11) is 1.63. The average Bonchev–Trinajstić information content (AvgIpc) is 2.50. The normalized spacial score (nSPS) is 15.2. The van der Waals surface area contributed by atoms with Gasteiger partial charge in [0.1, 0.15) is 0 Å². The van der Waals surface area contributed by atoms with Gasteiger partial charge in [-0.15, -0.1) is 0 Å². The standard InChI is InChI=1S/C15H22BrN3O2/c1-12-11-13(3-4-14(12)16)18-6-8-19(9-7-18)15(20)17-5-10-21-2/h3-4,11H,5-10H2,1-2H3,(H,17,20). The Hall–Kier alpha value is -1.27. The number of piperazine rings is 1. The van der Waals surface area contributed by atoms with Crippen molar-refractivity contribution < 1.29 is 9.53 Å². The number of halogens is 1. The van der Waals surface area contributed by atoms with E-state index in [1.807, 2.05) is 4.90 Å². The van der Waals surface area contributed by atoms with Gasteiger partial charge in [-0.3, -0.25) is 0 Å². The Morgan fingerprint density at radius 1 is 1.33 bits per heavy atom. The van der Waals surface area contributed by atoms with Crippen LogP contribution in [0.3, 0.4) is 0 Å². The van der Waals surface area contributed by atoms with Crippen LogP contribution in [0, 0.1) is 6.92 Å². The number of nitrogens with zero attached hydrogens (tertiary/aromatic N) is 2. The van der Waals surface area contributed by atoms with Crippen LogP contribution in [0.5, 0.6) is 0 Å². The molecule has 0 aliphatic carbocycles. The lowest BCUT2D eigenvalue weighted by Crippen LogP contribution is -2.52. The molecule has 1 aromatic rings. The monoisotopic (exact) mass is 355 g/mol. The van der Waals surface area contributed by atoms with Crippen molar-refractivity contribution in [2.24, 2.45) is 0 Å². The van der Waals surface area contributed by atoms with Gasteiger partial charge in [-0.05, 0) is 30.7 Å². The van der Waals surface area contributed by atoms with Gasteiger partial charge in [0.25, 0.3) is 0 Å². The highest BCUT2D eigenvalue weighted by atomic mass is 79.9. The van der Waals surface area contributed by atoms with Gasteiger partial charge in [-0.1, -0.05) is 15.9 Å². The Balaban J connectivity index is 1.85. The van der Waals surface area contributed by atoms with Crippen molar-refractivity contribution in [3.63, 3.8) is 0 Å². The van der Waals surface area contributed by atoms with E-state index in [1.54, 1.807) is 7.11 Å². The Morgan fingerprint density at radius 3 is 2.67 bits per heavy atom. The summed E-state index contributed by atoms with van der Waals surface area (Å²) >= 11 is 3.52. The van der Waals surface area contributed by atoms with Gasteiger partial charge >= 0.3 is 6.03 Å². The topological polar surface area (TPSA) is 44.8 Å². The van der Waals surface area contributed by atoms with Crippen molar-refractivity contribution in [2.45, 2.75) is 6.92 Å². The molecule has 1 aromatic carbocycles. The fraction of sp³-hybridized carbons (Fsp3) is 0.533. The number of aryl methyl sites for hydroxylation is 1. The maximum Gasteiger partial charge on any atom is 0.317 e. The molecule has 1 N–H and O–H groups in total. The van der Waals surface area contributed by atoms with Crippen LogP contribution in [-0.4, -0.2) is 57.4 Å². The van der Waals surface area contributed by atoms with Gasteiger partial charge in [0, 0.05) is 50.0 Å². The van der Waals surface area contributed by atoms with E-state index in [0.29, 0.717) is 13.2 Å². The average molecular weight is 356 g/mol. The molecule has 1 aliphatic heterocycles. The number of urea groups is 1. The first kappa shape index (κ1) is 16.1. The summed E-state index contributed by atoms with van der Waals surface area (Å²) < 4.78 is 6.06. The van der Waals surface area contributed by atoms with Gasteiger partial charge in [0.05, 0.1) is 6.61 Å². The van der Waals surface area contributed by atoms with Crippen LogP contribution in [0.25, 0.3) is 0 Å². The Morgan fingerprint density at radius 2 is 2.05 bits per heavy atom. The number of anilines is 1. The van der Waals surface area contributed by atoms with Crippen LogP contribution in [-0.2, 0) is 4.74 Å². The third-order valence-electron chi connectivity index (χ3n) is 3.66. The minimum Gasteiger partial charge on any atom is -0.383 e. The van der Waals surface area contributed by atoms with E-state index in [9.17, 15) is 4.79 Å². The summed E-state index contributed by atoms with van der Waals surface area (Å²) in [5.41, 5.74) is 2.45. The van der Waals surface area contributed by atoms with Crippen molar-refractivity contribution in [3.8, 4) is 0 Å². The molecule has 5 nitrogen and oxygen atoms in total. The Kier molecular flexibility index (Phi) is 5.87. The van der Waals surface area contributed by atoms with E-state index >= 15 is 0 Å². The minimum absolute atomic E-state index is 0.00122. The van der Waals surface area contributed by atoms with E-state index in [-0.39, 0.29) is 6.03 Å². The number of hydrogen-bond donors (Lipinski definition) is 1. The zero-order valence-electron chi connectivity index (χ0n) is 12.6. The van der Waals surface area contributed by atoms with Crippen LogP contribution in [0.2, 0.25) is 0 Å². The van der Waals surface area contributed by atoms with Crippen molar-refractivity contribution in [1.29, 1.82) is 0 Å². The SMILES string of the molecule is COCCNC(=O)N1CCN(c2ccc(Br)c(C)c2)CC1. The molecule has 1 heterocycles. The Bertz CT molecular complexity index is 488. The lowest BCUT2D eigenvalue weighted by atomic mass is 10.2. The van der Waals surface area contributed by atoms with Gasteiger partial charge in [-0.25, -0.2) is 4.79 Å². The van der Waals surface area contributed by atoms with E-state index in [0.717, 1.165) is 30.7 Å². The highest BCUT2D eigenvalue weighted by molar-refractivity contribution is 9.10. The molecule has 0 unspecified atom stereocenters. The largest absolute Gasteiger partial charge is 0.383 e. The second-order valence-electron chi connectivity index (χ2n) is 5.13. The molecule has 0 spiro atoms. The summed E-state index contributed by atoms with van der Waals surface area (Å²) in [6.45, 7) is 6.40. The number of nitrogens with one attached hydrogen (secondary N) is 1. The first-order chi connectivity index (χ1) is 10.1. The number of carbonyl (C=O) groups is 1. The maximum atomic E-state index is 11.9. The molecule has 0 saturated carbocycles. The highest BCUT2D eigenvalue weighted by Crippen LogP contribution is 2.23. The maximum absolute atomic E-state index is 11.9. The molecule has 1 saturated heterocycles. The van der Waals surface area contributed by atoms with E-state index in [2.05, 4.69) is 51.3 Å². The van der Waals surface area contributed by atoms with Crippen LogP contribution in [0.1, 0.15) is 5.56 Å². The fourth-order valence-corrected chi connectivity index (χ4v) is 2.61. The molecule has 21 heavy (non-hydrogen) atoms. The van der Waals surface area contributed by atoms with Crippen molar-refractivity contribution in [1.82, 2.24) is 10.2 Å². The molecule has 0 bridgehead atoms. The summed E-state index contributed by atoms with van der Waals surface area (Å²) in [6, 6.07) is 6.37. The predicted octanol–water partition coefficient (Wildman–Crippen LogP) is 2.24. The van der Waals surface area contributed by atoms with Crippen molar-refractivity contribution >= 4 is 27.6 Å². The zero-order chi connectivity index (χ0) is 15.2. The number of methoxy groups -OCH3 is 1. The van der Waals surface area contributed by atoms with Crippen LogP contribution < -0.4 is 10.2 Å². The molecule has 0 atom stereocenters. The molecule has 1 aliphatic rings. The molecule has 6 heteroatoms. The molecular formula is C15H22BrN3O2. The van der Waals surface area contributed by atoms with Crippen LogP contribution in [0.15, 0.2) is 22.7 Å². The van der Waals surface area contributed by atoms with Crippen LogP contribution in [0.4, 0.5) is 10.5 Å². The van der Waals surface area contributed by atoms with Crippen molar-refractivity contribution in [2.75, 3.05) is 51.3 Å². The Labute approximate surface area is 134 Å². The fourth-order valence-electron chi connectivity index (χ4n) is 2.37. The minimum atomic E-state index is -0.00122. The summed E-state index contributed by atoms with van der Waals surface area (Å²) in [5.74, 6) is 0. The lowest BCUT2D eigenvalue weighted by Gasteiger charge is -2.36. The van der Waals surface area contributed by atoms with Gasteiger partial charge in [0.2, 0.25) is 0 Å². The second-order valence-corrected chi connectivity index (χ2v) is 5.99. The molecule has 2 rings (SSSR count). The third-order valence-corrected chi connectivity index (χ3v) is 4.55.